The van der Waals surface area contributed by atoms with Gasteiger partial charge >= 0.3 is 5.97 Å². The maximum atomic E-state index is 12.2. The predicted molar refractivity (Wildman–Crippen MR) is 97.3 cm³/mol. The van der Waals surface area contributed by atoms with E-state index in [2.05, 4.69) is 10.6 Å². The number of amides is 1. The van der Waals surface area contributed by atoms with Gasteiger partial charge in [-0.25, -0.2) is 4.79 Å². The van der Waals surface area contributed by atoms with Crippen LogP contribution in [0.2, 0.25) is 0 Å². The van der Waals surface area contributed by atoms with Crippen LogP contribution in [0.3, 0.4) is 0 Å². The van der Waals surface area contributed by atoms with E-state index in [-0.39, 0.29) is 16.9 Å². The van der Waals surface area contributed by atoms with Gasteiger partial charge in [0, 0.05) is 18.8 Å². The second-order valence-corrected chi connectivity index (χ2v) is 5.65. The minimum atomic E-state index is -1.06. The van der Waals surface area contributed by atoms with Crippen LogP contribution in [0, 0.1) is 17.0 Å². The van der Waals surface area contributed by atoms with E-state index in [1.807, 2.05) is 13.0 Å². The smallest absolute Gasteiger partial charge is 0.339 e. The van der Waals surface area contributed by atoms with Gasteiger partial charge in [0.1, 0.15) is 5.69 Å². The van der Waals surface area contributed by atoms with Crippen molar-refractivity contribution in [1.29, 1.82) is 0 Å². The molecule has 0 radical (unpaired) electrons. The Morgan fingerprint density at radius 3 is 2.54 bits per heavy atom. The van der Waals surface area contributed by atoms with Crippen LogP contribution in [-0.2, 0) is 9.53 Å². The molecule has 1 amide bonds. The number of hydrogen-bond donors (Lipinski definition) is 2. The Balaban J connectivity index is 2.07. The molecule has 2 N–H and O–H groups in total. The minimum Gasteiger partial charge on any atom is -0.449 e. The van der Waals surface area contributed by atoms with Crippen molar-refractivity contribution in [2.75, 3.05) is 17.7 Å². The molecule has 136 valence electrons. The van der Waals surface area contributed by atoms with Crippen LogP contribution in [0.1, 0.15) is 22.8 Å². The number of nitro groups is 1. The van der Waals surface area contributed by atoms with Crippen molar-refractivity contribution in [3.63, 3.8) is 0 Å². The van der Waals surface area contributed by atoms with E-state index in [4.69, 9.17) is 4.74 Å². The predicted octanol–water partition coefficient (Wildman–Crippen LogP) is 3.13. The highest BCUT2D eigenvalue weighted by Crippen LogP contribution is 2.25. The van der Waals surface area contributed by atoms with Gasteiger partial charge in [-0.05, 0) is 43.7 Å². The molecule has 8 heteroatoms. The summed E-state index contributed by atoms with van der Waals surface area (Å²) in [6, 6.07) is 11.1. The number of hydrogen-bond acceptors (Lipinski definition) is 6. The fourth-order valence-electron chi connectivity index (χ4n) is 2.27. The molecule has 0 aliphatic heterocycles. The third-order valence-electron chi connectivity index (χ3n) is 3.64. The molecule has 0 aromatic heterocycles. The van der Waals surface area contributed by atoms with E-state index in [9.17, 15) is 19.7 Å². The summed E-state index contributed by atoms with van der Waals surface area (Å²) in [7, 11) is 1.54. The highest BCUT2D eigenvalue weighted by molar-refractivity contribution is 5.97. The van der Waals surface area contributed by atoms with Gasteiger partial charge in [0.15, 0.2) is 6.10 Å². The summed E-state index contributed by atoms with van der Waals surface area (Å²) in [5.74, 6) is -1.31. The van der Waals surface area contributed by atoms with Crippen molar-refractivity contribution in [1.82, 2.24) is 0 Å². The van der Waals surface area contributed by atoms with Crippen LogP contribution in [0.5, 0.6) is 0 Å². The third-order valence-corrected chi connectivity index (χ3v) is 3.64. The van der Waals surface area contributed by atoms with Gasteiger partial charge in [0.2, 0.25) is 0 Å². The van der Waals surface area contributed by atoms with Crippen molar-refractivity contribution in [3.8, 4) is 0 Å². The Bertz CT molecular complexity index is 850. The van der Waals surface area contributed by atoms with Gasteiger partial charge in [0.05, 0.1) is 10.5 Å². The Hall–Kier alpha value is -3.42. The molecule has 0 spiro atoms. The zero-order valence-electron chi connectivity index (χ0n) is 14.6. The molecule has 26 heavy (non-hydrogen) atoms. The van der Waals surface area contributed by atoms with E-state index in [0.29, 0.717) is 5.69 Å². The lowest BCUT2D eigenvalue weighted by Crippen LogP contribution is -2.30. The molecule has 0 fully saturated rings. The number of anilines is 2. The number of carbonyl (C=O) groups is 2. The zero-order valence-corrected chi connectivity index (χ0v) is 14.6. The second-order valence-electron chi connectivity index (χ2n) is 5.65. The fourth-order valence-corrected chi connectivity index (χ4v) is 2.27. The molecule has 8 nitrogen and oxygen atoms in total. The Kier molecular flexibility index (Phi) is 5.90. The van der Waals surface area contributed by atoms with Crippen LogP contribution in [0.25, 0.3) is 0 Å². The van der Waals surface area contributed by atoms with Crippen LogP contribution in [0.4, 0.5) is 17.1 Å². The number of benzene rings is 2. The molecule has 1 atom stereocenters. The number of nitrogens with one attached hydrogen (secondary N) is 2. The van der Waals surface area contributed by atoms with Crippen molar-refractivity contribution >= 4 is 28.9 Å². The Labute approximate surface area is 150 Å². The van der Waals surface area contributed by atoms with Crippen molar-refractivity contribution in [2.24, 2.45) is 0 Å². The molecular weight excluding hydrogens is 338 g/mol. The quantitative estimate of drug-likeness (QED) is 0.467. The number of carbonyl (C=O) groups excluding carboxylic acids is 2. The molecule has 0 unspecified atom stereocenters. The molecule has 2 aromatic carbocycles. The number of esters is 1. The van der Waals surface area contributed by atoms with E-state index >= 15 is 0 Å². The maximum Gasteiger partial charge on any atom is 0.339 e. The molecule has 2 aromatic rings. The summed E-state index contributed by atoms with van der Waals surface area (Å²) in [6.07, 6.45) is -1.06. The first-order valence-electron chi connectivity index (χ1n) is 7.86. The number of aryl methyl sites for hydroxylation is 1. The fraction of sp³-hybridized carbons (Fsp3) is 0.222. The summed E-state index contributed by atoms with van der Waals surface area (Å²) in [6.45, 7) is 3.32. The van der Waals surface area contributed by atoms with Crippen LogP contribution in [-0.4, -0.2) is 30.0 Å². The topological polar surface area (TPSA) is 111 Å². The molecule has 0 aliphatic carbocycles. The summed E-state index contributed by atoms with van der Waals surface area (Å²) < 4.78 is 5.11. The highest BCUT2D eigenvalue weighted by atomic mass is 16.6. The van der Waals surface area contributed by atoms with Crippen molar-refractivity contribution in [3.05, 3.63) is 63.7 Å². The number of rotatable bonds is 6. The summed E-state index contributed by atoms with van der Waals surface area (Å²) >= 11 is 0. The normalized spacial score (nSPS) is 11.3. The SMILES string of the molecule is CNc1ccc(C(=O)O[C@@H](C)C(=O)Nc2cccc(C)c2)cc1[N+](=O)[O-]. The van der Waals surface area contributed by atoms with Crippen LogP contribution >= 0.6 is 0 Å². The summed E-state index contributed by atoms with van der Waals surface area (Å²) in [4.78, 5) is 34.8. The molecular formula is C18H19N3O5. The first-order valence-corrected chi connectivity index (χ1v) is 7.86. The van der Waals surface area contributed by atoms with E-state index in [1.165, 1.54) is 26.1 Å². The highest BCUT2D eigenvalue weighted by Gasteiger charge is 2.22. The van der Waals surface area contributed by atoms with Gasteiger partial charge < -0.3 is 15.4 Å². The third kappa shape index (κ3) is 4.56. The Morgan fingerprint density at radius 1 is 1.19 bits per heavy atom. The lowest BCUT2D eigenvalue weighted by Gasteiger charge is -2.14. The van der Waals surface area contributed by atoms with Crippen LogP contribution < -0.4 is 10.6 Å². The molecule has 0 saturated heterocycles. The largest absolute Gasteiger partial charge is 0.449 e. The van der Waals surface area contributed by atoms with Gasteiger partial charge in [-0.2, -0.15) is 0 Å². The second kappa shape index (κ2) is 8.11. The number of nitro benzene ring substituents is 1. The standard InChI is InChI=1S/C18H19N3O5/c1-11-5-4-6-14(9-11)20-17(22)12(2)26-18(23)13-7-8-15(19-3)16(10-13)21(24)25/h4-10,12,19H,1-3H3,(H,20,22)/t12-/m0/s1. The Morgan fingerprint density at radius 2 is 1.92 bits per heavy atom. The summed E-state index contributed by atoms with van der Waals surface area (Å²) in [5.41, 5.74) is 1.58. The molecule has 2 rings (SSSR count). The lowest BCUT2D eigenvalue weighted by atomic mass is 10.1. The zero-order chi connectivity index (χ0) is 19.3. The van der Waals surface area contributed by atoms with Gasteiger partial charge in [-0.3, -0.25) is 14.9 Å². The van der Waals surface area contributed by atoms with E-state index in [0.717, 1.165) is 11.6 Å². The first kappa shape index (κ1) is 18.9. The first-order chi connectivity index (χ1) is 12.3. The van der Waals surface area contributed by atoms with Gasteiger partial charge in [0.25, 0.3) is 11.6 Å². The maximum absolute atomic E-state index is 12.2. The van der Waals surface area contributed by atoms with Gasteiger partial charge in [-0.15, -0.1) is 0 Å². The number of nitrogens with zero attached hydrogens (tertiary/aromatic N) is 1. The average Bonchev–Trinajstić information content (AvgIpc) is 2.60. The lowest BCUT2D eigenvalue weighted by molar-refractivity contribution is -0.384. The number of ether oxygens (including phenoxy) is 1. The average molecular weight is 357 g/mol. The molecule has 0 heterocycles. The van der Waals surface area contributed by atoms with E-state index < -0.39 is 22.9 Å². The minimum absolute atomic E-state index is 0.00842. The monoisotopic (exact) mass is 357 g/mol. The summed E-state index contributed by atoms with van der Waals surface area (Å²) in [5, 5.41) is 16.4. The van der Waals surface area contributed by atoms with Crippen molar-refractivity contribution < 1.29 is 19.2 Å². The molecule has 0 aliphatic rings. The molecule has 0 saturated carbocycles. The van der Waals surface area contributed by atoms with Crippen molar-refractivity contribution in [2.45, 2.75) is 20.0 Å². The molecule has 0 bridgehead atoms. The van der Waals surface area contributed by atoms with Gasteiger partial charge in [-0.1, -0.05) is 12.1 Å². The van der Waals surface area contributed by atoms with E-state index in [1.54, 1.807) is 18.2 Å². The van der Waals surface area contributed by atoms with Crippen LogP contribution in [0.15, 0.2) is 42.5 Å².